The molecule has 0 bridgehead atoms. The summed E-state index contributed by atoms with van der Waals surface area (Å²) in [4.78, 5) is 22.2. The molecule has 1 unspecified atom stereocenters. The topological polar surface area (TPSA) is 107 Å². The molecule has 0 aliphatic carbocycles. The molecular formula is C20H39NaO7S. The first-order valence-corrected chi connectivity index (χ1v) is 12.2. The summed E-state index contributed by atoms with van der Waals surface area (Å²) in [6.07, 6.45) is 13.9. The number of unbranched alkanes of at least 4 members (excludes halogenated alkanes) is 9. The van der Waals surface area contributed by atoms with E-state index < -0.39 is 10.1 Å². The van der Waals surface area contributed by atoms with Gasteiger partial charge in [0.05, 0.1) is 25.4 Å². The van der Waals surface area contributed by atoms with Gasteiger partial charge in [-0.1, -0.05) is 78.1 Å². The van der Waals surface area contributed by atoms with Crippen molar-refractivity contribution in [1.82, 2.24) is 0 Å². The summed E-state index contributed by atoms with van der Waals surface area (Å²) >= 11 is 0. The predicted molar refractivity (Wildman–Crippen MR) is 110 cm³/mol. The van der Waals surface area contributed by atoms with Gasteiger partial charge >= 0.3 is 35.5 Å². The van der Waals surface area contributed by atoms with E-state index >= 15 is 0 Å². The molecule has 29 heavy (non-hydrogen) atoms. The second-order valence-electron chi connectivity index (χ2n) is 6.95. The van der Waals surface area contributed by atoms with Crippen LogP contribution < -0.4 is 29.6 Å². The zero-order valence-electron chi connectivity index (χ0n) is 18.8. The van der Waals surface area contributed by atoms with Crippen LogP contribution in [-0.2, 0) is 29.2 Å². The molecule has 168 valence electrons. The molecule has 7 nitrogen and oxygen atoms in total. The van der Waals surface area contributed by atoms with Gasteiger partial charge in [0, 0.05) is 0 Å². The van der Waals surface area contributed by atoms with Crippen LogP contribution in [0.25, 0.3) is 0 Å². The Bertz CT molecular complexity index is 461. The van der Waals surface area contributed by atoms with Crippen LogP contribution >= 0.6 is 0 Å². The summed E-state index contributed by atoms with van der Waals surface area (Å²) in [6.45, 7) is 6.30. The number of rotatable bonds is 17. The molecule has 0 radical (unpaired) electrons. The van der Waals surface area contributed by atoms with Gasteiger partial charge in [-0.2, -0.15) is 8.42 Å². The second kappa shape index (κ2) is 24.1. The van der Waals surface area contributed by atoms with Gasteiger partial charge in [-0.15, -0.1) is 0 Å². The van der Waals surface area contributed by atoms with Crippen LogP contribution in [0.2, 0.25) is 0 Å². The van der Waals surface area contributed by atoms with Gasteiger partial charge < -0.3 is 14.3 Å². The van der Waals surface area contributed by atoms with E-state index in [0.29, 0.717) is 19.3 Å². The molecule has 0 rings (SSSR count). The van der Waals surface area contributed by atoms with Gasteiger partial charge in [-0.3, -0.25) is 9.35 Å². The largest absolute Gasteiger partial charge is 1.00 e. The van der Waals surface area contributed by atoms with Crippen LogP contribution in [-0.4, -0.2) is 44.4 Å². The van der Waals surface area contributed by atoms with E-state index in [4.69, 9.17) is 14.0 Å². The molecule has 0 spiro atoms. The molecule has 0 saturated carbocycles. The summed E-state index contributed by atoms with van der Waals surface area (Å²) in [5.41, 5.74) is 0. The number of ether oxygens (including phenoxy) is 2. The van der Waals surface area contributed by atoms with Gasteiger partial charge in [-0.25, -0.2) is 0 Å². The van der Waals surface area contributed by atoms with Gasteiger partial charge in [0.15, 0.2) is 0 Å². The monoisotopic (exact) mass is 446 g/mol. The van der Waals surface area contributed by atoms with Gasteiger partial charge in [0.25, 0.3) is 10.1 Å². The molecule has 1 N–H and O–H groups in total. The third-order valence-electron chi connectivity index (χ3n) is 4.00. The number of carbonyl (C=O) groups excluding carboxylic acids is 2. The number of esters is 1. The molecule has 0 amide bonds. The Morgan fingerprint density at radius 1 is 0.931 bits per heavy atom. The van der Waals surface area contributed by atoms with E-state index in [1.165, 1.54) is 51.4 Å². The average Bonchev–Trinajstić information content (AvgIpc) is 2.59. The van der Waals surface area contributed by atoms with E-state index in [9.17, 15) is 18.0 Å². The molecule has 0 aliphatic rings. The molecular weight excluding hydrogens is 407 g/mol. The summed E-state index contributed by atoms with van der Waals surface area (Å²) in [7, 11) is -3.67. The first-order chi connectivity index (χ1) is 13.2. The summed E-state index contributed by atoms with van der Waals surface area (Å²) in [6, 6.07) is 0. The minimum Gasteiger partial charge on any atom is -0.650 e. The fourth-order valence-electron chi connectivity index (χ4n) is 2.56. The predicted octanol–water partition coefficient (Wildman–Crippen LogP) is 1.60. The quantitative estimate of drug-likeness (QED) is 0.119. The van der Waals surface area contributed by atoms with E-state index in [0.717, 1.165) is 25.7 Å². The Labute approximate surface area is 199 Å². The fourth-order valence-corrected chi connectivity index (χ4v) is 2.56. The first-order valence-electron chi connectivity index (χ1n) is 10.3. The third kappa shape index (κ3) is 35.6. The van der Waals surface area contributed by atoms with Crippen molar-refractivity contribution in [2.24, 2.45) is 0 Å². The summed E-state index contributed by atoms with van der Waals surface area (Å²) in [5, 5.41) is 0. The van der Waals surface area contributed by atoms with Crippen molar-refractivity contribution in [1.29, 1.82) is 0 Å². The number of hydrogen-bond acceptors (Lipinski definition) is 6. The molecule has 0 saturated heterocycles. The molecule has 1 atom stereocenters. The molecule has 0 fully saturated rings. The third-order valence-corrected chi connectivity index (χ3v) is 4.00. The van der Waals surface area contributed by atoms with Crippen molar-refractivity contribution in [3.8, 4) is 0 Å². The normalized spacial score (nSPS) is 11.4. The van der Waals surface area contributed by atoms with Crippen LogP contribution in [0, 0.1) is 0 Å². The average molecular weight is 447 g/mol. The zero-order chi connectivity index (χ0) is 21.7. The Balaban J connectivity index is -0.000000997. The summed E-state index contributed by atoms with van der Waals surface area (Å²) < 4.78 is 36.0. The Hall–Kier alpha value is -0.150. The van der Waals surface area contributed by atoms with Crippen molar-refractivity contribution in [2.45, 2.75) is 103 Å². The van der Waals surface area contributed by atoms with Crippen LogP contribution in [0.5, 0.6) is 0 Å². The molecule has 0 aromatic carbocycles. The molecule has 0 aromatic rings. The van der Waals surface area contributed by atoms with Gasteiger partial charge in [-0.05, 0) is 19.3 Å². The standard InChI is InChI=1S/C19H35O4.CH4O3S.Na/c1-3-5-7-9-11-13-15-22-19(21)16-18(23-17-20)14-12-10-8-6-4-2;1-5(2,3)4;/h18H,3-16H2,1-2H3;1H3,(H,2,3,4);/q-1;;+1. The van der Waals surface area contributed by atoms with Crippen molar-refractivity contribution in [3.05, 3.63) is 0 Å². The zero-order valence-corrected chi connectivity index (χ0v) is 21.6. The van der Waals surface area contributed by atoms with Crippen molar-refractivity contribution in [3.63, 3.8) is 0 Å². The van der Waals surface area contributed by atoms with E-state index in [1.807, 2.05) is 0 Å². The Morgan fingerprint density at radius 2 is 1.38 bits per heavy atom. The molecule has 0 aromatic heterocycles. The van der Waals surface area contributed by atoms with Crippen LogP contribution in [0.4, 0.5) is 0 Å². The van der Waals surface area contributed by atoms with Gasteiger partial charge in [0.1, 0.15) is 0 Å². The van der Waals surface area contributed by atoms with Crippen molar-refractivity contribution < 1.29 is 61.6 Å². The van der Waals surface area contributed by atoms with E-state index in [2.05, 4.69) is 13.8 Å². The molecule has 9 heteroatoms. The minimum absolute atomic E-state index is 0. The second-order valence-corrected chi connectivity index (χ2v) is 8.42. The SMILES string of the molecule is CCCCCCCCOC(=O)CC(CCCCCCC)O[C-]=O.CS(=O)(=O)O.[Na+]. The Kier molecular flexibility index (Phi) is 27.9. The fraction of sp³-hybridized carbons (Fsp3) is 0.900. The minimum atomic E-state index is -3.67. The van der Waals surface area contributed by atoms with Crippen molar-refractivity contribution >= 4 is 22.6 Å². The smallest absolute Gasteiger partial charge is 0.650 e. The van der Waals surface area contributed by atoms with Gasteiger partial charge in [0.2, 0.25) is 0 Å². The maximum absolute atomic E-state index is 11.8. The first kappa shape index (κ1) is 33.5. The van der Waals surface area contributed by atoms with E-state index in [-0.39, 0.29) is 48.1 Å². The maximum atomic E-state index is 11.8. The van der Waals surface area contributed by atoms with Crippen LogP contribution in [0.15, 0.2) is 0 Å². The molecule has 0 heterocycles. The number of carbonyl (C=O) groups is 1. The number of hydrogen-bond donors (Lipinski definition) is 1. The molecule has 0 aliphatic heterocycles. The van der Waals surface area contributed by atoms with Crippen LogP contribution in [0.1, 0.15) is 97.3 Å². The van der Waals surface area contributed by atoms with Crippen LogP contribution in [0.3, 0.4) is 0 Å². The van der Waals surface area contributed by atoms with E-state index in [1.54, 1.807) is 0 Å². The Morgan fingerprint density at radius 3 is 1.86 bits per heavy atom. The summed E-state index contributed by atoms with van der Waals surface area (Å²) in [5.74, 6) is -0.271. The van der Waals surface area contributed by atoms with Crippen molar-refractivity contribution in [2.75, 3.05) is 12.9 Å². The maximum Gasteiger partial charge on any atom is 1.00 e.